The molecule has 0 N–H and O–H groups in total. The lowest BCUT2D eigenvalue weighted by Crippen LogP contribution is -2.03. The molecular weight excluding hydrogens is 231 g/mol. The number of hydrogen-bond acceptors (Lipinski definition) is 2. The zero-order chi connectivity index (χ0) is 12.8. The lowest BCUT2D eigenvalue weighted by atomic mass is 10.2. The second kappa shape index (κ2) is 5.77. The number of hydrogen-bond donors (Lipinski definition) is 0. The number of carbonyl (C=O) groups is 1. The molecule has 0 radical (unpaired) electrons. The van der Waals surface area contributed by atoms with Gasteiger partial charge in [0.2, 0.25) is 0 Å². The van der Waals surface area contributed by atoms with Gasteiger partial charge >= 0.3 is 5.97 Å². The van der Waals surface area contributed by atoms with Gasteiger partial charge in [-0.05, 0) is 35.9 Å². The van der Waals surface area contributed by atoms with E-state index in [0.717, 1.165) is 5.56 Å². The average molecular weight is 242 g/mol. The summed E-state index contributed by atoms with van der Waals surface area (Å²) < 4.78 is 17.6. The maximum Gasteiger partial charge on any atom is 0.336 e. The second-order valence-corrected chi connectivity index (χ2v) is 3.62. The van der Waals surface area contributed by atoms with E-state index in [4.69, 9.17) is 4.74 Å². The summed E-state index contributed by atoms with van der Waals surface area (Å²) in [5.41, 5.74) is 0.911. The van der Waals surface area contributed by atoms with Gasteiger partial charge in [-0.15, -0.1) is 0 Å². The van der Waals surface area contributed by atoms with E-state index in [-0.39, 0.29) is 5.82 Å². The van der Waals surface area contributed by atoms with Crippen molar-refractivity contribution >= 4 is 12.0 Å². The van der Waals surface area contributed by atoms with E-state index < -0.39 is 5.97 Å². The van der Waals surface area contributed by atoms with Crippen molar-refractivity contribution in [3.63, 3.8) is 0 Å². The molecule has 3 heteroatoms. The summed E-state index contributed by atoms with van der Waals surface area (Å²) in [6.45, 7) is 0. The molecule has 0 aromatic heterocycles. The molecule has 18 heavy (non-hydrogen) atoms. The van der Waals surface area contributed by atoms with E-state index >= 15 is 0 Å². The highest BCUT2D eigenvalue weighted by molar-refractivity contribution is 5.88. The summed E-state index contributed by atoms with van der Waals surface area (Å²) >= 11 is 0. The van der Waals surface area contributed by atoms with Crippen LogP contribution < -0.4 is 4.74 Å². The first-order valence-corrected chi connectivity index (χ1v) is 5.44. The maximum absolute atomic E-state index is 12.6. The predicted octanol–water partition coefficient (Wildman–Crippen LogP) is 3.44. The zero-order valence-corrected chi connectivity index (χ0v) is 9.55. The van der Waals surface area contributed by atoms with Crippen molar-refractivity contribution in [1.82, 2.24) is 0 Å². The summed E-state index contributed by atoms with van der Waals surface area (Å²) in [6.07, 6.45) is 2.99. The molecule has 0 unspecified atom stereocenters. The van der Waals surface area contributed by atoms with E-state index in [9.17, 15) is 9.18 Å². The summed E-state index contributed by atoms with van der Waals surface area (Å²) in [6, 6.07) is 14.7. The first-order valence-electron chi connectivity index (χ1n) is 5.44. The second-order valence-electron chi connectivity index (χ2n) is 3.62. The summed E-state index contributed by atoms with van der Waals surface area (Å²) in [5.74, 6) is -0.542. The monoisotopic (exact) mass is 242 g/mol. The van der Waals surface area contributed by atoms with Crippen molar-refractivity contribution in [1.29, 1.82) is 0 Å². The third kappa shape index (κ3) is 3.56. The van der Waals surface area contributed by atoms with Crippen molar-refractivity contribution in [2.24, 2.45) is 0 Å². The number of esters is 1. The van der Waals surface area contributed by atoms with E-state index in [0.29, 0.717) is 5.75 Å². The van der Waals surface area contributed by atoms with Crippen LogP contribution >= 0.6 is 0 Å². The molecular formula is C15H11FO2. The molecule has 0 aliphatic rings. The molecule has 90 valence electrons. The molecule has 0 aliphatic heterocycles. The molecule has 0 spiro atoms. The molecule has 2 aromatic carbocycles. The number of carbonyl (C=O) groups excluding carboxylic acids is 1. The maximum atomic E-state index is 12.6. The Morgan fingerprint density at radius 3 is 2.33 bits per heavy atom. The van der Waals surface area contributed by atoms with Crippen molar-refractivity contribution in [3.8, 4) is 5.75 Å². The minimum absolute atomic E-state index is 0.319. The van der Waals surface area contributed by atoms with Crippen LogP contribution in [0.2, 0.25) is 0 Å². The normalized spacial score (nSPS) is 10.5. The molecule has 0 aliphatic carbocycles. The topological polar surface area (TPSA) is 26.3 Å². The highest BCUT2D eigenvalue weighted by Crippen LogP contribution is 2.11. The largest absolute Gasteiger partial charge is 0.423 e. The molecule has 2 rings (SSSR count). The fourth-order valence-electron chi connectivity index (χ4n) is 1.38. The van der Waals surface area contributed by atoms with Crippen LogP contribution in [0.15, 0.2) is 60.7 Å². The van der Waals surface area contributed by atoms with Crippen LogP contribution in [0.5, 0.6) is 5.75 Å². The average Bonchev–Trinajstić information content (AvgIpc) is 2.40. The Morgan fingerprint density at radius 2 is 1.67 bits per heavy atom. The number of rotatable bonds is 3. The Kier molecular flexibility index (Phi) is 3.86. The van der Waals surface area contributed by atoms with Crippen LogP contribution in [0.1, 0.15) is 5.56 Å². The fraction of sp³-hybridized carbons (Fsp3) is 0. The zero-order valence-electron chi connectivity index (χ0n) is 9.55. The van der Waals surface area contributed by atoms with Crippen LogP contribution in [0.3, 0.4) is 0 Å². The minimum Gasteiger partial charge on any atom is -0.423 e. The lowest BCUT2D eigenvalue weighted by molar-refractivity contribution is -0.128. The van der Waals surface area contributed by atoms with Gasteiger partial charge in [-0.25, -0.2) is 9.18 Å². The van der Waals surface area contributed by atoms with Crippen LogP contribution in [-0.4, -0.2) is 5.97 Å². The van der Waals surface area contributed by atoms with Crippen LogP contribution in [0.4, 0.5) is 4.39 Å². The molecule has 0 amide bonds. The highest BCUT2D eigenvalue weighted by Gasteiger charge is 2.00. The van der Waals surface area contributed by atoms with Gasteiger partial charge in [0.15, 0.2) is 0 Å². The van der Waals surface area contributed by atoms with Crippen molar-refractivity contribution in [3.05, 3.63) is 72.1 Å². The van der Waals surface area contributed by atoms with E-state index in [1.54, 1.807) is 6.08 Å². The first kappa shape index (κ1) is 12.0. The molecule has 0 saturated carbocycles. The van der Waals surface area contributed by atoms with E-state index in [1.165, 1.54) is 30.3 Å². The Balaban J connectivity index is 1.97. The van der Waals surface area contributed by atoms with Gasteiger partial charge in [-0.2, -0.15) is 0 Å². The third-order valence-electron chi connectivity index (χ3n) is 2.24. The van der Waals surface area contributed by atoms with E-state index in [1.807, 2.05) is 30.3 Å². The smallest absolute Gasteiger partial charge is 0.336 e. The molecule has 0 bridgehead atoms. The van der Waals surface area contributed by atoms with Gasteiger partial charge < -0.3 is 4.74 Å². The summed E-state index contributed by atoms with van der Waals surface area (Å²) in [7, 11) is 0. The molecule has 2 aromatic rings. The van der Waals surface area contributed by atoms with Crippen molar-refractivity contribution in [2.45, 2.75) is 0 Å². The molecule has 0 saturated heterocycles. The summed E-state index contributed by atoms with van der Waals surface area (Å²) in [4.78, 5) is 11.5. The SMILES string of the molecule is O=C(/C=C/c1ccccc1)Oc1ccc(F)cc1. The van der Waals surface area contributed by atoms with E-state index in [2.05, 4.69) is 0 Å². The third-order valence-corrected chi connectivity index (χ3v) is 2.24. The van der Waals surface area contributed by atoms with Crippen molar-refractivity contribution < 1.29 is 13.9 Å². The highest BCUT2D eigenvalue weighted by atomic mass is 19.1. The van der Waals surface area contributed by atoms with Gasteiger partial charge in [0.05, 0.1) is 0 Å². The molecule has 0 fully saturated rings. The number of benzene rings is 2. The van der Waals surface area contributed by atoms with Gasteiger partial charge in [0.25, 0.3) is 0 Å². The Labute approximate surface area is 104 Å². The van der Waals surface area contributed by atoms with Crippen LogP contribution in [-0.2, 0) is 4.79 Å². The predicted molar refractivity (Wildman–Crippen MR) is 67.5 cm³/mol. The number of halogens is 1. The fourth-order valence-corrected chi connectivity index (χ4v) is 1.38. The summed E-state index contributed by atoms with van der Waals surface area (Å²) in [5, 5.41) is 0. The standard InChI is InChI=1S/C15H11FO2/c16-13-7-9-14(10-8-13)18-15(17)11-6-12-4-2-1-3-5-12/h1-11H/b11-6+. The van der Waals surface area contributed by atoms with Gasteiger partial charge in [-0.3, -0.25) is 0 Å². The first-order chi connectivity index (χ1) is 8.74. The van der Waals surface area contributed by atoms with Gasteiger partial charge in [-0.1, -0.05) is 30.3 Å². The molecule has 0 heterocycles. The molecule has 2 nitrogen and oxygen atoms in total. The lowest BCUT2D eigenvalue weighted by Gasteiger charge is -2.00. The van der Waals surface area contributed by atoms with Crippen LogP contribution in [0, 0.1) is 5.82 Å². The minimum atomic E-state index is -0.495. The van der Waals surface area contributed by atoms with Gasteiger partial charge in [0, 0.05) is 6.08 Å². The van der Waals surface area contributed by atoms with Gasteiger partial charge in [0.1, 0.15) is 11.6 Å². The quantitative estimate of drug-likeness (QED) is 0.468. The Hall–Kier alpha value is -2.42. The van der Waals surface area contributed by atoms with Crippen molar-refractivity contribution in [2.75, 3.05) is 0 Å². The van der Waals surface area contributed by atoms with Crippen LogP contribution in [0.25, 0.3) is 6.08 Å². The molecule has 0 atom stereocenters. The number of ether oxygens (including phenoxy) is 1. The Morgan fingerprint density at radius 1 is 1.00 bits per heavy atom. The Bertz CT molecular complexity index is 544.